The molecule has 0 aliphatic carbocycles. The molecule has 4 aromatic carbocycles. The van der Waals surface area contributed by atoms with E-state index in [0.29, 0.717) is 10.1 Å². The molecule has 1 aliphatic rings. The van der Waals surface area contributed by atoms with Crippen molar-refractivity contribution in [2.45, 2.75) is 13.8 Å². The van der Waals surface area contributed by atoms with Crippen LogP contribution < -0.4 is 5.32 Å². The van der Waals surface area contributed by atoms with Gasteiger partial charge in [-0.05, 0) is 88.1 Å². The minimum atomic E-state index is -0.119. The van der Waals surface area contributed by atoms with E-state index in [9.17, 15) is 4.79 Å². The number of aryl methyl sites for hydroxylation is 2. The summed E-state index contributed by atoms with van der Waals surface area (Å²) in [5.74, 6) is -0.119. The number of hydrogen-bond donors (Lipinski definition) is 1. The standard InChI is InChI=1S/C26H19BrN2OS/c1-15-11-19(12-16(2)24(15)27)28-26-29-25(30)23(31-26)14-22-20-9-5-3-7-17(20)13-18-8-4-6-10-21(18)22/h3-14H,1-2H3,(H,28,29,30)/b23-14-. The van der Waals surface area contributed by atoms with Gasteiger partial charge in [-0.3, -0.25) is 4.79 Å². The normalized spacial score (nSPS) is 16.5. The average molecular weight is 487 g/mol. The Morgan fingerprint density at radius 1 is 0.903 bits per heavy atom. The van der Waals surface area contributed by atoms with Crippen LogP contribution in [-0.4, -0.2) is 11.1 Å². The number of halogens is 1. The zero-order valence-electron chi connectivity index (χ0n) is 17.1. The highest BCUT2D eigenvalue weighted by Crippen LogP contribution is 2.35. The number of benzene rings is 4. The highest BCUT2D eigenvalue weighted by molar-refractivity contribution is 9.10. The molecule has 3 nitrogen and oxygen atoms in total. The molecule has 1 saturated heterocycles. The van der Waals surface area contributed by atoms with E-state index in [0.717, 1.165) is 48.4 Å². The van der Waals surface area contributed by atoms with E-state index in [2.05, 4.69) is 56.6 Å². The topological polar surface area (TPSA) is 41.5 Å². The van der Waals surface area contributed by atoms with Crippen molar-refractivity contribution in [2.75, 3.05) is 0 Å². The molecule has 1 amide bonds. The molecule has 31 heavy (non-hydrogen) atoms. The van der Waals surface area contributed by atoms with Crippen molar-refractivity contribution in [1.82, 2.24) is 5.32 Å². The molecule has 152 valence electrons. The van der Waals surface area contributed by atoms with Crippen LogP contribution in [0.5, 0.6) is 0 Å². The second kappa shape index (κ2) is 7.98. The number of amidine groups is 1. The smallest absolute Gasteiger partial charge is 0.264 e. The molecular formula is C26H19BrN2OS. The maximum absolute atomic E-state index is 12.8. The summed E-state index contributed by atoms with van der Waals surface area (Å²) >= 11 is 4.97. The molecule has 1 aliphatic heterocycles. The van der Waals surface area contributed by atoms with Gasteiger partial charge in [0.05, 0.1) is 10.6 Å². The second-order valence-corrected chi connectivity index (χ2v) is 9.43. The van der Waals surface area contributed by atoms with E-state index >= 15 is 0 Å². The van der Waals surface area contributed by atoms with E-state index in [1.165, 1.54) is 11.8 Å². The molecule has 5 heteroatoms. The fourth-order valence-electron chi connectivity index (χ4n) is 3.92. The van der Waals surface area contributed by atoms with Gasteiger partial charge in [0.1, 0.15) is 0 Å². The zero-order chi connectivity index (χ0) is 21.5. The van der Waals surface area contributed by atoms with Crippen LogP contribution in [0.4, 0.5) is 5.69 Å². The minimum absolute atomic E-state index is 0.119. The molecule has 0 saturated carbocycles. The molecule has 1 fully saturated rings. The number of carbonyl (C=O) groups is 1. The van der Waals surface area contributed by atoms with Crippen LogP contribution in [0.15, 0.2) is 81.1 Å². The Morgan fingerprint density at radius 2 is 1.48 bits per heavy atom. The highest BCUT2D eigenvalue weighted by Gasteiger charge is 2.24. The first-order valence-electron chi connectivity index (χ1n) is 9.96. The molecule has 0 aromatic heterocycles. The quantitative estimate of drug-likeness (QED) is 0.239. The van der Waals surface area contributed by atoms with Crippen molar-refractivity contribution in [3.05, 3.63) is 92.8 Å². The summed E-state index contributed by atoms with van der Waals surface area (Å²) in [6.45, 7) is 4.08. The lowest BCUT2D eigenvalue weighted by Crippen LogP contribution is -2.19. The van der Waals surface area contributed by atoms with Gasteiger partial charge in [-0.2, -0.15) is 0 Å². The Morgan fingerprint density at radius 3 is 2.10 bits per heavy atom. The van der Waals surface area contributed by atoms with Crippen molar-refractivity contribution in [1.29, 1.82) is 0 Å². The number of hydrogen-bond acceptors (Lipinski definition) is 3. The number of rotatable bonds is 2. The second-order valence-electron chi connectivity index (χ2n) is 7.61. The molecule has 0 radical (unpaired) electrons. The lowest BCUT2D eigenvalue weighted by molar-refractivity contribution is -0.115. The van der Waals surface area contributed by atoms with Crippen molar-refractivity contribution < 1.29 is 4.79 Å². The monoisotopic (exact) mass is 486 g/mol. The number of carbonyl (C=O) groups excluding carboxylic acids is 1. The molecule has 1 heterocycles. The third kappa shape index (κ3) is 3.80. The van der Waals surface area contributed by atoms with Gasteiger partial charge < -0.3 is 5.32 Å². The highest BCUT2D eigenvalue weighted by atomic mass is 79.9. The first kappa shape index (κ1) is 20.0. The van der Waals surface area contributed by atoms with Crippen LogP contribution in [0.3, 0.4) is 0 Å². The van der Waals surface area contributed by atoms with E-state index in [4.69, 9.17) is 0 Å². The van der Waals surface area contributed by atoms with Crippen molar-refractivity contribution in [2.24, 2.45) is 4.99 Å². The van der Waals surface area contributed by atoms with E-state index in [1.807, 2.05) is 56.3 Å². The van der Waals surface area contributed by atoms with Gasteiger partial charge in [-0.1, -0.05) is 64.5 Å². The third-order valence-electron chi connectivity index (χ3n) is 5.39. The van der Waals surface area contributed by atoms with E-state index in [-0.39, 0.29) is 5.91 Å². The summed E-state index contributed by atoms with van der Waals surface area (Å²) in [6, 6.07) is 22.8. The van der Waals surface area contributed by atoms with Crippen molar-refractivity contribution in [3.63, 3.8) is 0 Å². The predicted molar refractivity (Wildman–Crippen MR) is 136 cm³/mol. The maximum atomic E-state index is 12.8. The maximum Gasteiger partial charge on any atom is 0.264 e. The Hall–Kier alpha value is -2.89. The summed E-state index contributed by atoms with van der Waals surface area (Å²) < 4.78 is 1.09. The lowest BCUT2D eigenvalue weighted by Gasteiger charge is -2.08. The van der Waals surface area contributed by atoms with Crippen LogP contribution >= 0.6 is 27.7 Å². The fraction of sp³-hybridized carbons (Fsp3) is 0.0769. The van der Waals surface area contributed by atoms with Crippen LogP contribution in [0.1, 0.15) is 16.7 Å². The average Bonchev–Trinajstić information content (AvgIpc) is 3.10. The molecular weight excluding hydrogens is 468 g/mol. The largest absolute Gasteiger partial charge is 0.300 e. The van der Waals surface area contributed by atoms with Crippen LogP contribution in [-0.2, 0) is 4.79 Å². The number of thioether (sulfide) groups is 1. The van der Waals surface area contributed by atoms with Crippen molar-refractivity contribution in [3.8, 4) is 0 Å². The first-order valence-corrected chi connectivity index (χ1v) is 11.6. The third-order valence-corrected chi connectivity index (χ3v) is 7.55. The van der Waals surface area contributed by atoms with Gasteiger partial charge in [0, 0.05) is 4.47 Å². The van der Waals surface area contributed by atoms with Gasteiger partial charge >= 0.3 is 0 Å². The summed E-state index contributed by atoms with van der Waals surface area (Å²) in [5, 5.41) is 8.09. The predicted octanol–water partition coefficient (Wildman–Crippen LogP) is 7.26. The summed E-state index contributed by atoms with van der Waals surface area (Å²) in [4.78, 5) is 18.1. The van der Waals surface area contributed by atoms with Gasteiger partial charge in [-0.15, -0.1) is 0 Å². The van der Waals surface area contributed by atoms with E-state index in [1.54, 1.807) is 0 Å². The molecule has 0 unspecified atom stereocenters. The Labute approximate surface area is 193 Å². The number of aliphatic imine (C=N–C) groups is 1. The van der Waals surface area contributed by atoms with Gasteiger partial charge in [0.15, 0.2) is 5.17 Å². The summed E-state index contributed by atoms with van der Waals surface area (Å²) in [6.07, 6.45) is 1.99. The van der Waals surface area contributed by atoms with Crippen LogP contribution in [0.25, 0.3) is 27.6 Å². The zero-order valence-corrected chi connectivity index (χ0v) is 19.5. The molecule has 4 aromatic rings. The number of fused-ring (bicyclic) bond motifs is 2. The lowest BCUT2D eigenvalue weighted by atomic mass is 9.96. The van der Waals surface area contributed by atoms with Gasteiger partial charge in [0.2, 0.25) is 0 Å². The summed E-state index contributed by atoms with van der Waals surface area (Å²) in [7, 11) is 0. The van der Waals surface area contributed by atoms with Crippen LogP contribution in [0.2, 0.25) is 0 Å². The van der Waals surface area contributed by atoms with Crippen LogP contribution in [0, 0.1) is 13.8 Å². The molecule has 0 spiro atoms. The SMILES string of the molecule is Cc1cc(N=C2NC(=O)/C(=C/c3c4ccccc4cc4ccccc34)S2)cc(C)c1Br. The Bertz CT molecular complexity index is 1360. The number of nitrogens with zero attached hydrogens (tertiary/aromatic N) is 1. The molecule has 1 N–H and O–H groups in total. The Balaban J connectivity index is 1.59. The molecule has 0 atom stereocenters. The molecule has 0 bridgehead atoms. The van der Waals surface area contributed by atoms with E-state index < -0.39 is 0 Å². The first-order chi connectivity index (χ1) is 15.0. The Kier molecular flexibility index (Phi) is 5.16. The van der Waals surface area contributed by atoms with Crippen molar-refractivity contribution >= 4 is 72.1 Å². The number of amides is 1. The van der Waals surface area contributed by atoms with Gasteiger partial charge in [0.25, 0.3) is 5.91 Å². The summed E-state index contributed by atoms with van der Waals surface area (Å²) in [5.41, 5.74) is 4.12. The molecule has 5 rings (SSSR count). The van der Waals surface area contributed by atoms with Gasteiger partial charge in [-0.25, -0.2) is 4.99 Å². The minimum Gasteiger partial charge on any atom is -0.300 e. The fourth-order valence-corrected chi connectivity index (χ4v) is 4.97. The number of nitrogens with one attached hydrogen (secondary N) is 1.